The Morgan fingerprint density at radius 1 is 1.35 bits per heavy atom. The third-order valence-corrected chi connectivity index (χ3v) is 2.57. The standard InChI is InChI=1S/C11H17N5O/c1-3-9-5-10(16(4-2)14-9)6-12-7-11-13-8-17-15-11/h5,8,12H,3-4,6-7H2,1-2H3. The van der Waals surface area contributed by atoms with Crippen LogP contribution in [0.15, 0.2) is 17.0 Å². The molecule has 92 valence electrons. The van der Waals surface area contributed by atoms with E-state index >= 15 is 0 Å². The van der Waals surface area contributed by atoms with Crippen molar-refractivity contribution in [3.8, 4) is 0 Å². The largest absolute Gasteiger partial charge is 0.343 e. The summed E-state index contributed by atoms with van der Waals surface area (Å²) < 4.78 is 6.68. The van der Waals surface area contributed by atoms with Gasteiger partial charge in [-0.2, -0.15) is 10.1 Å². The van der Waals surface area contributed by atoms with E-state index in [9.17, 15) is 0 Å². The zero-order valence-corrected chi connectivity index (χ0v) is 10.2. The first-order valence-corrected chi connectivity index (χ1v) is 5.85. The van der Waals surface area contributed by atoms with Gasteiger partial charge in [0.15, 0.2) is 5.82 Å². The maximum Gasteiger partial charge on any atom is 0.213 e. The predicted molar refractivity (Wildman–Crippen MR) is 62.1 cm³/mol. The second kappa shape index (κ2) is 5.58. The molecule has 0 bridgehead atoms. The molecule has 6 nitrogen and oxygen atoms in total. The summed E-state index contributed by atoms with van der Waals surface area (Å²) in [4.78, 5) is 3.95. The van der Waals surface area contributed by atoms with Crippen molar-refractivity contribution in [2.24, 2.45) is 0 Å². The van der Waals surface area contributed by atoms with Crippen molar-refractivity contribution in [2.45, 2.75) is 39.9 Å². The maximum absolute atomic E-state index is 4.66. The second-order valence-corrected chi connectivity index (χ2v) is 3.75. The van der Waals surface area contributed by atoms with E-state index in [0.29, 0.717) is 12.4 Å². The molecular weight excluding hydrogens is 218 g/mol. The number of rotatable bonds is 6. The van der Waals surface area contributed by atoms with E-state index in [1.807, 2.05) is 4.68 Å². The van der Waals surface area contributed by atoms with Crippen LogP contribution in [0, 0.1) is 0 Å². The first-order chi connectivity index (χ1) is 8.33. The van der Waals surface area contributed by atoms with Gasteiger partial charge in [-0.3, -0.25) is 4.68 Å². The lowest BCUT2D eigenvalue weighted by Crippen LogP contribution is -2.16. The Morgan fingerprint density at radius 3 is 2.88 bits per heavy atom. The smallest absolute Gasteiger partial charge is 0.213 e. The molecular formula is C11H17N5O. The van der Waals surface area contributed by atoms with Crippen LogP contribution in [0.4, 0.5) is 0 Å². The number of nitrogens with one attached hydrogen (secondary N) is 1. The van der Waals surface area contributed by atoms with Crippen molar-refractivity contribution in [2.75, 3.05) is 0 Å². The molecule has 2 aromatic heterocycles. The number of hydrogen-bond acceptors (Lipinski definition) is 5. The van der Waals surface area contributed by atoms with Crippen LogP contribution in [0.25, 0.3) is 0 Å². The molecule has 17 heavy (non-hydrogen) atoms. The SMILES string of the molecule is CCc1cc(CNCc2ncon2)n(CC)n1. The van der Waals surface area contributed by atoms with Crippen LogP contribution in [-0.4, -0.2) is 19.9 Å². The second-order valence-electron chi connectivity index (χ2n) is 3.75. The number of aryl methyl sites for hydroxylation is 2. The summed E-state index contributed by atoms with van der Waals surface area (Å²) in [6.45, 7) is 6.45. The van der Waals surface area contributed by atoms with Crippen LogP contribution in [0.5, 0.6) is 0 Å². The molecule has 0 radical (unpaired) electrons. The molecule has 0 aliphatic heterocycles. The Morgan fingerprint density at radius 2 is 2.24 bits per heavy atom. The fourth-order valence-electron chi connectivity index (χ4n) is 1.68. The van der Waals surface area contributed by atoms with Crippen molar-refractivity contribution in [3.63, 3.8) is 0 Å². The Bertz CT molecular complexity index is 448. The lowest BCUT2D eigenvalue weighted by atomic mass is 10.3. The van der Waals surface area contributed by atoms with Crippen LogP contribution < -0.4 is 5.32 Å². The first-order valence-electron chi connectivity index (χ1n) is 5.85. The Labute approximate surface area is 100 Å². The molecule has 6 heteroatoms. The fourth-order valence-corrected chi connectivity index (χ4v) is 1.68. The van der Waals surface area contributed by atoms with Gasteiger partial charge in [0.1, 0.15) is 0 Å². The van der Waals surface area contributed by atoms with Gasteiger partial charge in [-0.1, -0.05) is 12.1 Å². The van der Waals surface area contributed by atoms with Gasteiger partial charge in [0, 0.05) is 13.1 Å². The highest BCUT2D eigenvalue weighted by atomic mass is 16.5. The molecule has 0 spiro atoms. The quantitative estimate of drug-likeness (QED) is 0.813. The Hall–Kier alpha value is -1.69. The number of nitrogens with zero attached hydrogens (tertiary/aromatic N) is 4. The van der Waals surface area contributed by atoms with E-state index in [1.54, 1.807) is 0 Å². The molecule has 0 aliphatic carbocycles. The summed E-state index contributed by atoms with van der Waals surface area (Å²) in [5.41, 5.74) is 2.32. The zero-order valence-electron chi connectivity index (χ0n) is 10.2. The van der Waals surface area contributed by atoms with Crippen molar-refractivity contribution in [1.29, 1.82) is 0 Å². The first kappa shape index (κ1) is 11.8. The van der Waals surface area contributed by atoms with Gasteiger partial charge in [0.25, 0.3) is 0 Å². The van der Waals surface area contributed by atoms with E-state index < -0.39 is 0 Å². The van der Waals surface area contributed by atoms with Gasteiger partial charge in [-0.25, -0.2) is 0 Å². The summed E-state index contributed by atoms with van der Waals surface area (Å²) in [5.74, 6) is 0.670. The lowest BCUT2D eigenvalue weighted by molar-refractivity contribution is 0.407. The molecule has 0 fully saturated rings. The maximum atomic E-state index is 4.66. The van der Waals surface area contributed by atoms with Gasteiger partial charge in [0.2, 0.25) is 6.39 Å². The van der Waals surface area contributed by atoms with E-state index in [0.717, 1.165) is 25.2 Å². The lowest BCUT2D eigenvalue weighted by Gasteiger charge is -2.04. The van der Waals surface area contributed by atoms with Crippen LogP contribution in [0.3, 0.4) is 0 Å². The molecule has 2 rings (SSSR count). The van der Waals surface area contributed by atoms with E-state index in [4.69, 9.17) is 0 Å². The Balaban J connectivity index is 1.91. The van der Waals surface area contributed by atoms with E-state index in [-0.39, 0.29) is 0 Å². The minimum absolute atomic E-state index is 0.604. The van der Waals surface area contributed by atoms with Gasteiger partial charge in [0.05, 0.1) is 17.9 Å². The highest BCUT2D eigenvalue weighted by molar-refractivity contribution is 5.10. The summed E-state index contributed by atoms with van der Waals surface area (Å²) >= 11 is 0. The molecule has 0 saturated carbocycles. The highest BCUT2D eigenvalue weighted by Crippen LogP contribution is 2.05. The minimum Gasteiger partial charge on any atom is -0.343 e. The monoisotopic (exact) mass is 235 g/mol. The molecule has 0 amide bonds. The molecule has 0 unspecified atom stereocenters. The number of aromatic nitrogens is 4. The third kappa shape index (κ3) is 2.91. The molecule has 0 aromatic carbocycles. The normalized spacial score (nSPS) is 10.9. The summed E-state index contributed by atoms with van der Waals surface area (Å²) in [7, 11) is 0. The van der Waals surface area contributed by atoms with Crippen LogP contribution >= 0.6 is 0 Å². The van der Waals surface area contributed by atoms with Gasteiger partial charge in [-0.05, 0) is 19.4 Å². The molecule has 2 aromatic rings. The summed E-state index contributed by atoms with van der Waals surface area (Å²) in [6.07, 6.45) is 2.30. The average molecular weight is 235 g/mol. The summed E-state index contributed by atoms with van der Waals surface area (Å²) in [5, 5.41) is 11.5. The molecule has 0 atom stereocenters. The molecule has 0 saturated heterocycles. The summed E-state index contributed by atoms with van der Waals surface area (Å²) in [6, 6.07) is 2.13. The van der Waals surface area contributed by atoms with Crippen LogP contribution in [0.1, 0.15) is 31.1 Å². The van der Waals surface area contributed by atoms with Gasteiger partial charge in [-0.15, -0.1) is 0 Å². The van der Waals surface area contributed by atoms with Gasteiger partial charge >= 0.3 is 0 Å². The topological polar surface area (TPSA) is 68.8 Å². The predicted octanol–water partition coefficient (Wildman–Crippen LogP) is 1.14. The van der Waals surface area contributed by atoms with E-state index in [1.165, 1.54) is 12.1 Å². The van der Waals surface area contributed by atoms with Crippen molar-refractivity contribution < 1.29 is 4.52 Å². The van der Waals surface area contributed by atoms with Crippen molar-refractivity contribution in [1.82, 2.24) is 25.2 Å². The number of hydrogen-bond donors (Lipinski definition) is 1. The van der Waals surface area contributed by atoms with Crippen molar-refractivity contribution in [3.05, 3.63) is 29.7 Å². The van der Waals surface area contributed by atoms with E-state index in [2.05, 4.69) is 45.0 Å². The molecule has 1 N–H and O–H groups in total. The van der Waals surface area contributed by atoms with Crippen LogP contribution in [0.2, 0.25) is 0 Å². The zero-order chi connectivity index (χ0) is 12.1. The van der Waals surface area contributed by atoms with Gasteiger partial charge < -0.3 is 9.84 Å². The van der Waals surface area contributed by atoms with Crippen molar-refractivity contribution >= 4 is 0 Å². The van der Waals surface area contributed by atoms with Crippen LogP contribution in [-0.2, 0) is 26.1 Å². The minimum atomic E-state index is 0.604. The average Bonchev–Trinajstić information content (AvgIpc) is 2.98. The fraction of sp³-hybridized carbons (Fsp3) is 0.545. The molecule has 0 aliphatic rings. The third-order valence-electron chi connectivity index (χ3n) is 2.57. The Kier molecular flexibility index (Phi) is 3.87. The molecule has 2 heterocycles. The highest BCUT2D eigenvalue weighted by Gasteiger charge is 2.05.